The first kappa shape index (κ1) is 18.2. The van der Waals surface area contributed by atoms with Gasteiger partial charge in [0.05, 0.1) is 20.4 Å². The number of phenols is 1. The molecule has 0 unspecified atom stereocenters. The lowest BCUT2D eigenvalue weighted by Crippen LogP contribution is -2.02. The molecule has 0 saturated carbocycles. The van der Waals surface area contributed by atoms with Crippen LogP contribution in [0.4, 0.5) is 0 Å². The highest BCUT2D eigenvalue weighted by Crippen LogP contribution is 2.36. The van der Waals surface area contributed by atoms with Crippen molar-refractivity contribution in [2.24, 2.45) is 10.2 Å². The summed E-state index contributed by atoms with van der Waals surface area (Å²) in [5, 5.41) is 18.7. The third kappa shape index (κ3) is 4.33. The van der Waals surface area contributed by atoms with Crippen LogP contribution in [0.25, 0.3) is 0 Å². The van der Waals surface area contributed by atoms with Gasteiger partial charge in [0, 0.05) is 16.7 Å². The first-order valence-electron chi connectivity index (χ1n) is 8.39. The second kappa shape index (κ2) is 8.67. The summed E-state index contributed by atoms with van der Waals surface area (Å²) in [6.07, 6.45) is 1.59. The number of benzene rings is 3. The van der Waals surface area contributed by atoms with Crippen molar-refractivity contribution in [2.75, 3.05) is 14.2 Å². The van der Waals surface area contributed by atoms with Gasteiger partial charge in [-0.2, -0.15) is 5.10 Å². The molecule has 0 atom stereocenters. The van der Waals surface area contributed by atoms with E-state index < -0.39 is 0 Å². The number of rotatable bonds is 6. The molecule has 0 heterocycles. The smallest absolute Gasteiger partial charge is 0.200 e. The van der Waals surface area contributed by atoms with Crippen molar-refractivity contribution in [3.63, 3.8) is 0 Å². The second-order valence-corrected chi connectivity index (χ2v) is 5.70. The van der Waals surface area contributed by atoms with Crippen LogP contribution in [0.15, 0.2) is 83.0 Å². The van der Waals surface area contributed by atoms with Crippen molar-refractivity contribution in [3.8, 4) is 17.2 Å². The quantitative estimate of drug-likeness (QED) is 0.527. The van der Waals surface area contributed by atoms with Crippen LogP contribution in [-0.2, 0) is 0 Å². The highest BCUT2D eigenvalue weighted by atomic mass is 16.5. The normalized spacial score (nSPS) is 10.6. The van der Waals surface area contributed by atoms with Crippen LogP contribution in [-0.4, -0.2) is 31.3 Å². The first-order chi connectivity index (χ1) is 13.2. The minimum Gasteiger partial charge on any atom is -0.502 e. The van der Waals surface area contributed by atoms with Crippen molar-refractivity contribution >= 4 is 11.9 Å². The van der Waals surface area contributed by atoms with E-state index in [1.807, 2.05) is 60.7 Å². The molecule has 27 heavy (non-hydrogen) atoms. The van der Waals surface area contributed by atoms with Crippen LogP contribution in [0.2, 0.25) is 0 Å². The molecule has 136 valence electrons. The molecular formula is C22H20N2O3. The third-order valence-corrected chi connectivity index (χ3v) is 3.96. The molecule has 1 N–H and O–H groups in total. The molecule has 0 bridgehead atoms. The minimum absolute atomic E-state index is 0.0464. The number of hydrogen-bond acceptors (Lipinski definition) is 5. The van der Waals surface area contributed by atoms with E-state index in [1.54, 1.807) is 18.3 Å². The van der Waals surface area contributed by atoms with Gasteiger partial charge in [-0.3, -0.25) is 0 Å². The van der Waals surface area contributed by atoms with E-state index in [2.05, 4.69) is 10.2 Å². The predicted molar refractivity (Wildman–Crippen MR) is 107 cm³/mol. The lowest BCUT2D eigenvalue weighted by Gasteiger charge is -2.09. The van der Waals surface area contributed by atoms with E-state index in [4.69, 9.17) is 9.47 Å². The Kier molecular flexibility index (Phi) is 5.84. The number of hydrogen-bond donors (Lipinski definition) is 1. The topological polar surface area (TPSA) is 63.4 Å². The average molecular weight is 360 g/mol. The minimum atomic E-state index is -0.0464. The molecule has 0 fully saturated rings. The zero-order valence-corrected chi connectivity index (χ0v) is 15.2. The van der Waals surface area contributed by atoms with Gasteiger partial charge in [0.25, 0.3) is 0 Å². The Bertz CT molecular complexity index is 885. The van der Waals surface area contributed by atoms with Gasteiger partial charge in [-0.15, -0.1) is 5.10 Å². The van der Waals surface area contributed by atoms with Gasteiger partial charge in [-0.25, -0.2) is 0 Å². The van der Waals surface area contributed by atoms with Crippen LogP contribution in [0.3, 0.4) is 0 Å². The van der Waals surface area contributed by atoms with E-state index in [9.17, 15) is 5.11 Å². The lowest BCUT2D eigenvalue weighted by atomic mass is 10.0. The largest absolute Gasteiger partial charge is 0.502 e. The molecule has 3 aromatic carbocycles. The van der Waals surface area contributed by atoms with Crippen molar-refractivity contribution < 1.29 is 14.6 Å². The molecule has 0 aliphatic rings. The van der Waals surface area contributed by atoms with E-state index in [0.29, 0.717) is 17.1 Å². The van der Waals surface area contributed by atoms with Gasteiger partial charge in [0.1, 0.15) is 5.71 Å². The van der Waals surface area contributed by atoms with Crippen molar-refractivity contribution in [2.45, 2.75) is 0 Å². The summed E-state index contributed by atoms with van der Waals surface area (Å²) in [6.45, 7) is 0. The van der Waals surface area contributed by atoms with E-state index >= 15 is 0 Å². The van der Waals surface area contributed by atoms with Crippen LogP contribution in [0.5, 0.6) is 17.2 Å². The van der Waals surface area contributed by atoms with Crippen LogP contribution in [0.1, 0.15) is 16.7 Å². The Hall–Kier alpha value is -3.60. The van der Waals surface area contributed by atoms with E-state index in [0.717, 1.165) is 16.8 Å². The average Bonchev–Trinajstić information content (AvgIpc) is 2.73. The first-order valence-corrected chi connectivity index (χ1v) is 8.39. The molecule has 0 radical (unpaired) electrons. The van der Waals surface area contributed by atoms with Gasteiger partial charge >= 0.3 is 0 Å². The Morgan fingerprint density at radius 2 is 1.30 bits per heavy atom. The van der Waals surface area contributed by atoms with Crippen molar-refractivity contribution in [1.29, 1.82) is 0 Å². The number of phenolic OH excluding ortho intramolecular Hbond substituents is 1. The van der Waals surface area contributed by atoms with Crippen molar-refractivity contribution in [1.82, 2.24) is 0 Å². The number of methoxy groups -OCH3 is 2. The molecule has 3 rings (SSSR count). The molecule has 0 aliphatic heterocycles. The molecular weight excluding hydrogens is 340 g/mol. The van der Waals surface area contributed by atoms with Crippen LogP contribution >= 0.6 is 0 Å². The molecule has 0 spiro atoms. The standard InChI is InChI=1S/C22H20N2O3/c1-26-19-13-16(14-20(27-2)22(19)25)15-23-24-21(17-9-5-3-6-10-17)18-11-7-4-8-12-18/h3-15,25H,1-2H3/b23-15+. The summed E-state index contributed by atoms with van der Waals surface area (Å²) < 4.78 is 10.3. The summed E-state index contributed by atoms with van der Waals surface area (Å²) in [5.41, 5.74) is 3.42. The summed E-state index contributed by atoms with van der Waals surface area (Å²) in [7, 11) is 2.97. The fraction of sp³-hybridized carbons (Fsp3) is 0.0909. The molecule has 0 saturated heterocycles. The maximum absolute atomic E-state index is 10.0. The second-order valence-electron chi connectivity index (χ2n) is 5.70. The maximum Gasteiger partial charge on any atom is 0.200 e. The molecule has 5 heteroatoms. The number of ether oxygens (including phenoxy) is 2. The summed E-state index contributed by atoms with van der Waals surface area (Å²) in [5.74, 6) is 0.576. The Labute approximate surface area is 158 Å². The van der Waals surface area contributed by atoms with Gasteiger partial charge in [0.15, 0.2) is 11.5 Å². The van der Waals surface area contributed by atoms with Crippen LogP contribution in [0, 0.1) is 0 Å². The van der Waals surface area contributed by atoms with Gasteiger partial charge in [-0.1, -0.05) is 60.7 Å². The Balaban J connectivity index is 1.98. The van der Waals surface area contributed by atoms with E-state index in [1.165, 1.54) is 14.2 Å². The Morgan fingerprint density at radius 3 is 1.74 bits per heavy atom. The van der Waals surface area contributed by atoms with Gasteiger partial charge in [-0.05, 0) is 12.1 Å². The zero-order valence-electron chi connectivity index (χ0n) is 15.2. The molecule has 0 amide bonds. The van der Waals surface area contributed by atoms with Crippen LogP contribution < -0.4 is 9.47 Å². The highest BCUT2D eigenvalue weighted by Gasteiger charge is 2.10. The molecule has 5 nitrogen and oxygen atoms in total. The molecule has 0 aromatic heterocycles. The van der Waals surface area contributed by atoms with Gasteiger partial charge < -0.3 is 14.6 Å². The Morgan fingerprint density at radius 1 is 0.815 bits per heavy atom. The monoisotopic (exact) mass is 360 g/mol. The number of nitrogens with zero attached hydrogens (tertiary/aromatic N) is 2. The highest BCUT2D eigenvalue weighted by molar-refractivity contribution is 6.12. The fourth-order valence-corrected chi connectivity index (χ4v) is 2.62. The predicted octanol–water partition coefficient (Wildman–Crippen LogP) is 4.28. The summed E-state index contributed by atoms with van der Waals surface area (Å²) in [6, 6.07) is 23.1. The molecule has 0 aliphatic carbocycles. The fourth-order valence-electron chi connectivity index (χ4n) is 2.62. The maximum atomic E-state index is 10.0. The lowest BCUT2D eigenvalue weighted by molar-refractivity contribution is 0.340. The summed E-state index contributed by atoms with van der Waals surface area (Å²) >= 11 is 0. The van der Waals surface area contributed by atoms with Crippen molar-refractivity contribution in [3.05, 3.63) is 89.5 Å². The SMILES string of the molecule is COc1cc(/C=N/N=C(c2ccccc2)c2ccccc2)cc(OC)c1O. The number of aromatic hydroxyl groups is 1. The van der Waals surface area contributed by atoms with Gasteiger partial charge in [0.2, 0.25) is 5.75 Å². The summed E-state index contributed by atoms with van der Waals surface area (Å²) in [4.78, 5) is 0. The zero-order chi connectivity index (χ0) is 19.1. The third-order valence-electron chi connectivity index (χ3n) is 3.96. The molecule has 3 aromatic rings. The van der Waals surface area contributed by atoms with E-state index in [-0.39, 0.29) is 5.75 Å².